The van der Waals surface area contributed by atoms with E-state index in [1.165, 1.54) is 51.4 Å². The summed E-state index contributed by atoms with van der Waals surface area (Å²) < 4.78 is 5.38. The highest BCUT2D eigenvalue weighted by Gasteiger charge is 2.08. The highest BCUT2D eigenvalue weighted by molar-refractivity contribution is 7.99. The Hall–Kier alpha value is -1.04. The molecule has 0 aromatic carbocycles. The van der Waals surface area contributed by atoms with E-state index in [1.807, 2.05) is 0 Å². The number of nitrogens with zero attached hydrogens (tertiary/aromatic N) is 2. The Labute approximate surface area is 130 Å². The summed E-state index contributed by atoms with van der Waals surface area (Å²) in [6.45, 7) is 2.24. The third-order valence-corrected chi connectivity index (χ3v) is 4.06. The first-order valence-electron chi connectivity index (χ1n) is 7.89. The van der Waals surface area contributed by atoms with Gasteiger partial charge in [0, 0.05) is 6.42 Å². The molecule has 1 heterocycles. The lowest BCUT2D eigenvalue weighted by atomic mass is 10.1. The van der Waals surface area contributed by atoms with E-state index in [4.69, 9.17) is 9.52 Å². The SMILES string of the molecule is CCCCCCCCCCCc1nnc(SCC(=O)O)o1. The van der Waals surface area contributed by atoms with Gasteiger partial charge >= 0.3 is 5.97 Å². The van der Waals surface area contributed by atoms with Gasteiger partial charge in [0.1, 0.15) is 5.75 Å². The third kappa shape index (κ3) is 9.50. The van der Waals surface area contributed by atoms with Crippen molar-refractivity contribution in [3.8, 4) is 0 Å². The van der Waals surface area contributed by atoms with Crippen LogP contribution < -0.4 is 0 Å². The largest absolute Gasteiger partial charge is 0.481 e. The van der Waals surface area contributed by atoms with E-state index >= 15 is 0 Å². The summed E-state index contributed by atoms with van der Waals surface area (Å²) in [4.78, 5) is 10.4. The Balaban J connectivity index is 1.99. The first-order valence-corrected chi connectivity index (χ1v) is 8.88. The molecule has 6 heteroatoms. The number of aromatic nitrogens is 2. The van der Waals surface area contributed by atoms with Gasteiger partial charge in [-0.2, -0.15) is 0 Å². The first-order chi connectivity index (χ1) is 10.2. The molecule has 0 amide bonds. The van der Waals surface area contributed by atoms with Crippen molar-refractivity contribution in [1.82, 2.24) is 10.2 Å². The molecule has 1 rings (SSSR count). The summed E-state index contributed by atoms with van der Waals surface area (Å²) in [6, 6.07) is 0. The fourth-order valence-corrected chi connectivity index (χ4v) is 2.61. The molecule has 1 aromatic rings. The normalized spacial score (nSPS) is 10.9. The lowest BCUT2D eigenvalue weighted by molar-refractivity contribution is -0.133. The van der Waals surface area contributed by atoms with Crippen molar-refractivity contribution in [2.45, 2.75) is 76.4 Å². The number of rotatable bonds is 13. The number of thioether (sulfide) groups is 1. The molecule has 0 aliphatic rings. The Morgan fingerprint density at radius 3 is 2.29 bits per heavy atom. The summed E-state index contributed by atoms with van der Waals surface area (Å²) in [6.07, 6.45) is 12.3. The maximum Gasteiger partial charge on any atom is 0.314 e. The summed E-state index contributed by atoms with van der Waals surface area (Å²) in [5.41, 5.74) is 0. The minimum atomic E-state index is -0.876. The van der Waals surface area contributed by atoms with Crippen molar-refractivity contribution in [3.05, 3.63) is 5.89 Å². The standard InChI is InChI=1S/C15H26N2O3S/c1-2-3-4-5-6-7-8-9-10-11-13-16-17-15(20-13)21-12-14(18)19/h2-12H2,1H3,(H,18,19). The highest BCUT2D eigenvalue weighted by Crippen LogP contribution is 2.17. The lowest BCUT2D eigenvalue weighted by Crippen LogP contribution is -1.97. The molecule has 21 heavy (non-hydrogen) atoms. The van der Waals surface area contributed by atoms with Gasteiger partial charge in [0.25, 0.3) is 5.22 Å². The summed E-state index contributed by atoms with van der Waals surface area (Å²) in [7, 11) is 0. The number of carbonyl (C=O) groups is 1. The molecule has 0 spiro atoms. The molecular formula is C15H26N2O3S. The average Bonchev–Trinajstić information content (AvgIpc) is 2.91. The highest BCUT2D eigenvalue weighted by atomic mass is 32.2. The minimum absolute atomic E-state index is 0.0420. The van der Waals surface area contributed by atoms with Crippen LogP contribution in [0.15, 0.2) is 9.64 Å². The van der Waals surface area contributed by atoms with Gasteiger partial charge in [0.2, 0.25) is 5.89 Å². The Bertz CT molecular complexity index is 396. The van der Waals surface area contributed by atoms with Gasteiger partial charge in [-0.1, -0.05) is 70.1 Å². The van der Waals surface area contributed by atoms with E-state index < -0.39 is 5.97 Å². The molecule has 0 aliphatic heterocycles. The zero-order chi connectivity index (χ0) is 15.3. The van der Waals surface area contributed by atoms with Gasteiger partial charge in [-0.05, 0) is 6.42 Å². The molecule has 0 saturated carbocycles. The van der Waals surface area contributed by atoms with Crippen molar-refractivity contribution in [2.75, 3.05) is 5.75 Å². The second kappa shape index (κ2) is 11.6. The topological polar surface area (TPSA) is 76.2 Å². The van der Waals surface area contributed by atoms with Crippen molar-refractivity contribution >= 4 is 17.7 Å². The molecule has 120 valence electrons. The monoisotopic (exact) mass is 314 g/mol. The average molecular weight is 314 g/mol. The Kier molecular flexibility index (Phi) is 9.95. The van der Waals surface area contributed by atoms with E-state index in [2.05, 4.69) is 17.1 Å². The van der Waals surface area contributed by atoms with E-state index in [0.717, 1.165) is 24.6 Å². The van der Waals surface area contributed by atoms with Gasteiger partial charge in [-0.3, -0.25) is 4.79 Å². The zero-order valence-corrected chi connectivity index (χ0v) is 13.7. The summed E-state index contributed by atoms with van der Waals surface area (Å²) >= 11 is 1.07. The van der Waals surface area contributed by atoms with Crippen LogP contribution in [0, 0.1) is 0 Å². The maximum absolute atomic E-state index is 10.4. The predicted octanol–water partition coefficient (Wildman–Crippen LogP) is 4.32. The first kappa shape index (κ1) is 18.0. The van der Waals surface area contributed by atoms with Gasteiger partial charge in [-0.25, -0.2) is 0 Å². The zero-order valence-electron chi connectivity index (χ0n) is 12.8. The third-order valence-electron chi connectivity index (χ3n) is 3.26. The van der Waals surface area contributed by atoms with Crippen molar-refractivity contribution in [1.29, 1.82) is 0 Å². The van der Waals surface area contributed by atoms with E-state index in [-0.39, 0.29) is 5.75 Å². The lowest BCUT2D eigenvalue weighted by Gasteiger charge is -2.00. The van der Waals surface area contributed by atoms with Gasteiger partial charge in [-0.15, -0.1) is 10.2 Å². The molecule has 0 fully saturated rings. The van der Waals surface area contributed by atoms with Crippen LogP contribution in [0.1, 0.15) is 70.6 Å². The maximum atomic E-state index is 10.4. The number of unbranched alkanes of at least 4 members (excludes halogenated alkanes) is 8. The van der Waals surface area contributed by atoms with Gasteiger partial charge < -0.3 is 9.52 Å². The molecule has 0 radical (unpaired) electrons. The van der Waals surface area contributed by atoms with Crippen LogP contribution in [-0.2, 0) is 11.2 Å². The second-order valence-electron chi connectivity index (χ2n) is 5.22. The fourth-order valence-electron chi connectivity index (χ4n) is 2.11. The summed E-state index contributed by atoms with van der Waals surface area (Å²) in [5, 5.41) is 16.7. The van der Waals surface area contributed by atoms with Crippen LogP contribution in [0.4, 0.5) is 0 Å². The molecule has 1 N–H and O–H groups in total. The summed E-state index contributed by atoms with van der Waals surface area (Å²) in [5.74, 6) is -0.302. The van der Waals surface area contributed by atoms with E-state index in [9.17, 15) is 4.79 Å². The molecule has 0 atom stereocenters. The molecule has 1 aromatic heterocycles. The van der Waals surface area contributed by atoms with Crippen LogP contribution in [0.5, 0.6) is 0 Å². The van der Waals surface area contributed by atoms with Crippen LogP contribution in [0.3, 0.4) is 0 Å². The smallest absolute Gasteiger partial charge is 0.314 e. The predicted molar refractivity (Wildman–Crippen MR) is 83.6 cm³/mol. The second-order valence-corrected chi connectivity index (χ2v) is 6.15. The molecule has 0 aliphatic carbocycles. The molecule has 0 unspecified atom stereocenters. The number of carboxylic acids is 1. The van der Waals surface area contributed by atoms with E-state index in [1.54, 1.807) is 0 Å². The van der Waals surface area contributed by atoms with Crippen LogP contribution >= 0.6 is 11.8 Å². The quantitative estimate of drug-likeness (QED) is 0.431. The number of aliphatic carboxylic acids is 1. The number of aryl methyl sites for hydroxylation is 1. The molecule has 0 saturated heterocycles. The van der Waals surface area contributed by atoms with Crippen LogP contribution in [0.2, 0.25) is 0 Å². The van der Waals surface area contributed by atoms with Gasteiger partial charge in [0.15, 0.2) is 0 Å². The Morgan fingerprint density at radius 1 is 1.05 bits per heavy atom. The van der Waals surface area contributed by atoms with Crippen molar-refractivity contribution < 1.29 is 14.3 Å². The molecular weight excluding hydrogens is 288 g/mol. The van der Waals surface area contributed by atoms with E-state index in [0.29, 0.717) is 11.1 Å². The minimum Gasteiger partial charge on any atom is -0.481 e. The van der Waals surface area contributed by atoms with Crippen LogP contribution in [-0.4, -0.2) is 27.0 Å². The number of carboxylic acid groups (broad SMARTS) is 1. The Morgan fingerprint density at radius 2 is 1.67 bits per heavy atom. The van der Waals surface area contributed by atoms with Crippen LogP contribution in [0.25, 0.3) is 0 Å². The number of hydrogen-bond acceptors (Lipinski definition) is 5. The number of hydrogen-bond donors (Lipinski definition) is 1. The fraction of sp³-hybridized carbons (Fsp3) is 0.800. The van der Waals surface area contributed by atoms with Crippen molar-refractivity contribution in [2.24, 2.45) is 0 Å². The molecule has 5 nitrogen and oxygen atoms in total. The van der Waals surface area contributed by atoms with Crippen molar-refractivity contribution in [3.63, 3.8) is 0 Å². The van der Waals surface area contributed by atoms with Gasteiger partial charge in [0.05, 0.1) is 0 Å². The molecule has 0 bridgehead atoms.